The van der Waals surface area contributed by atoms with Gasteiger partial charge in [0.15, 0.2) is 0 Å². The van der Waals surface area contributed by atoms with Crippen LogP contribution in [0.5, 0.6) is 0 Å². The van der Waals surface area contributed by atoms with Crippen molar-refractivity contribution in [1.29, 1.82) is 0 Å². The van der Waals surface area contributed by atoms with Crippen LogP contribution in [0.1, 0.15) is 13.8 Å². The van der Waals surface area contributed by atoms with E-state index in [0.29, 0.717) is 0 Å². The number of halogens is 1. The van der Waals surface area contributed by atoms with Gasteiger partial charge >= 0.3 is 0 Å². The third kappa shape index (κ3) is 10.7. The number of nitrogens with two attached hydrogens (primary N) is 1. The van der Waals surface area contributed by atoms with Crippen LogP contribution in [0.4, 0.5) is 0 Å². The van der Waals surface area contributed by atoms with E-state index in [2.05, 4.69) is 5.92 Å². The first-order valence-corrected chi connectivity index (χ1v) is 1.83. The van der Waals surface area contributed by atoms with Gasteiger partial charge in [-0.25, -0.2) is 0 Å². The fourth-order valence-corrected chi connectivity index (χ4v) is 0. The molecule has 0 bridgehead atoms. The predicted molar refractivity (Wildman–Crippen MR) is 34.3 cm³/mol. The van der Waals surface area contributed by atoms with E-state index in [-0.39, 0.29) is 12.4 Å². The lowest BCUT2D eigenvalue weighted by Crippen LogP contribution is -2.28. The van der Waals surface area contributed by atoms with Crippen LogP contribution >= 0.6 is 12.4 Å². The van der Waals surface area contributed by atoms with E-state index < -0.39 is 5.54 Å². The molecule has 0 rings (SSSR count). The molecular formula is C5H10ClN. The molecule has 0 radical (unpaired) electrons. The van der Waals surface area contributed by atoms with Gasteiger partial charge in [0.2, 0.25) is 0 Å². The lowest BCUT2D eigenvalue weighted by Gasteiger charge is -2.05. The van der Waals surface area contributed by atoms with Crippen LogP contribution in [0, 0.1) is 12.3 Å². The third-order valence-corrected chi connectivity index (χ3v) is 0.372. The average molecular weight is 120 g/mol. The molecule has 42 valence electrons. The highest BCUT2D eigenvalue weighted by Gasteiger charge is 2.00. The molecule has 0 spiro atoms. The van der Waals surface area contributed by atoms with Crippen LogP contribution in [0.15, 0.2) is 0 Å². The molecule has 0 fully saturated rings. The van der Waals surface area contributed by atoms with Crippen molar-refractivity contribution in [3.8, 4) is 12.3 Å². The maximum absolute atomic E-state index is 5.30. The molecule has 0 atom stereocenters. The minimum Gasteiger partial charge on any atom is -0.316 e. The Balaban J connectivity index is 0. The summed E-state index contributed by atoms with van der Waals surface area (Å²) in [5.41, 5.74) is 4.87. The standard InChI is InChI=1S/C5H9N.ClH/c1-4-5(2,3)6;/h1H,6H2,2-3H3;1H. The lowest BCUT2D eigenvalue weighted by molar-refractivity contribution is 0.681. The number of hydrogen-bond acceptors (Lipinski definition) is 1. The van der Waals surface area contributed by atoms with Crippen LogP contribution in [-0.4, -0.2) is 5.54 Å². The smallest absolute Gasteiger partial charge is 0.0716 e. The Labute approximate surface area is 50.7 Å². The molecule has 0 aromatic carbocycles. The van der Waals surface area contributed by atoms with Crippen LogP contribution in [-0.2, 0) is 0 Å². The molecule has 0 aliphatic heterocycles. The summed E-state index contributed by atoms with van der Waals surface area (Å²) in [4.78, 5) is 0. The molecule has 0 aliphatic rings. The van der Waals surface area contributed by atoms with E-state index in [0.717, 1.165) is 0 Å². The van der Waals surface area contributed by atoms with Crippen molar-refractivity contribution in [3.05, 3.63) is 0 Å². The Kier molecular flexibility index (Phi) is 4.11. The molecule has 0 unspecified atom stereocenters. The quantitative estimate of drug-likeness (QED) is 0.469. The van der Waals surface area contributed by atoms with Crippen LogP contribution in [0.25, 0.3) is 0 Å². The SMILES string of the molecule is C#CC(C)(C)N.Cl. The highest BCUT2D eigenvalue weighted by molar-refractivity contribution is 5.85. The maximum Gasteiger partial charge on any atom is 0.0716 e. The average Bonchev–Trinajstić information content (AvgIpc) is 1.35. The van der Waals surface area contributed by atoms with Gasteiger partial charge in [0.05, 0.1) is 5.54 Å². The molecule has 2 heteroatoms. The Hall–Kier alpha value is -0.190. The second kappa shape index (κ2) is 2.90. The summed E-state index contributed by atoms with van der Waals surface area (Å²) >= 11 is 0. The predicted octanol–water partition coefficient (Wildman–Crippen LogP) is 0.779. The van der Waals surface area contributed by atoms with Crippen LogP contribution in [0.3, 0.4) is 0 Å². The van der Waals surface area contributed by atoms with Gasteiger partial charge in [0, 0.05) is 0 Å². The zero-order chi connectivity index (χ0) is 5.21. The molecule has 0 aromatic rings. The maximum atomic E-state index is 5.30. The summed E-state index contributed by atoms with van der Waals surface area (Å²) in [7, 11) is 0. The summed E-state index contributed by atoms with van der Waals surface area (Å²) in [6.45, 7) is 3.57. The van der Waals surface area contributed by atoms with Gasteiger partial charge < -0.3 is 5.73 Å². The second-order valence-electron chi connectivity index (χ2n) is 1.87. The zero-order valence-electron chi connectivity index (χ0n) is 4.56. The molecule has 0 amide bonds. The topological polar surface area (TPSA) is 26.0 Å². The van der Waals surface area contributed by atoms with Crippen molar-refractivity contribution in [1.82, 2.24) is 0 Å². The van der Waals surface area contributed by atoms with E-state index in [1.165, 1.54) is 0 Å². The van der Waals surface area contributed by atoms with E-state index in [9.17, 15) is 0 Å². The molecular weight excluding hydrogens is 110 g/mol. The van der Waals surface area contributed by atoms with Gasteiger partial charge in [-0.3, -0.25) is 0 Å². The lowest BCUT2D eigenvalue weighted by atomic mass is 10.1. The molecule has 0 saturated heterocycles. The van der Waals surface area contributed by atoms with Crippen molar-refractivity contribution >= 4 is 12.4 Å². The van der Waals surface area contributed by atoms with Gasteiger partial charge in [0.25, 0.3) is 0 Å². The van der Waals surface area contributed by atoms with Crippen molar-refractivity contribution in [2.45, 2.75) is 19.4 Å². The summed E-state index contributed by atoms with van der Waals surface area (Å²) in [6.07, 6.45) is 4.93. The van der Waals surface area contributed by atoms with Crippen LogP contribution < -0.4 is 5.73 Å². The highest BCUT2D eigenvalue weighted by Crippen LogP contribution is 1.88. The van der Waals surface area contributed by atoms with Crippen molar-refractivity contribution in [3.63, 3.8) is 0 Å². The molecule has 2 N–H and O–H groups in total. The van der Waals surface area contributed by atoms with Gasteiger partial charge in [-0.05, 0) is 13.8 Å². The van der Waals surface area contributed by atoms with Crippen LogP contribution in [0.2, 0.25) is 0 Å². The second-order valence-corrected chi connectivity index (χ2v) is 1.87. The first-order chi connectivity index (χ1) is 2.56. The summed E-state index contributed by atoms with van der Waals surface area (Å²) in [6, 6.07) is 0. The Morgan fingerprint density at radius 1 is 1.57 bits per heavy atom. The normalized spacial score (nSPS) is 8.86. The van der Waals surface area contributed by atoms with Crippen molar-refractivity contribution < 1.29 is 0 Å². The van der Waals surface area contributed by atoms with Gasteiger partial charge in [0.1, 0.15) is 0 Å². The summed E-state index contributed by atoms with van der Waals surface area (Å²) in [5.74, 6) is 2.38. The van der Waals surface area contributed by atoms with Crippen molar-refractivity contribution in [2.24, 2.45) is 5.73 Å². The van der Waals surface area contributed by atoms with E-state index in [1.807, 2.05) is 0 Å². The number of rotatable bonds is 0. The summed E-state index contributed by atoms with van der Waals surface area (Å²) in [5, 5.41) is 0. The van der Waals surface area contributed by atoms with Gasteiger partial charge in [-0.1, -0.05) is 5.92 Å². The molecule has 0 saturated carbocycles. The number of terminal acetylenes is 1. The molecule has 0 heterocycles. The van der Waals surface area contributed by atoms with E-state index >= 15 is 0 Å². The van der Waals surface area contributed by atoms with Crippen molar-refractivity contribution in [2.75, 3.05) is 0 Å². The fourth-order valence-electron chi connectivity index (χ4n) is 0. The third-order valence-electron chi connectivity index (χ3n) is 0.372. The Bertz CT molecular complexity index is 75.1. The molecule has 7 heavy (non-hydrogen) atoms. The van der Waals surface area contributed by atoms with Gasteiger partial charge in [-0.15, -0.1) is 18.8 Å². The fraction of sp³-hybridized carbons (Fsp3) is 0.600. The Morgan fingerprint density at radius 2 is 1.71 bits per heavy atom. The molecule has 1 nitrogen and oxygen atoms in total. The molecule has 0 aromatic heterocycles. The molecule has 0 aliphatic carbocycles. The van der Waals surface area contributed by atoms with Gasteiger partial charge in [-0.2, -0.15) is 0 Å². The number of hydrogen-bond donors (Lipinski definition) is 1. The minimum absolute atomic E-state index is 0. The first kappa shape index (κ1) is 9.94. The first-order valence-electron chi connectivity index (χ1n) is 1.83. The monoisotopic (exact) mass is 119 g/mol. The minimum atomic E-state index is -0.431. The van der Waals surface area contributed by atoms with E-state index in [1.54, 1.807) is 13.8 Å². The van der Waals surface area contributed by atoms with E-state index in [4.69, 9.17) is 12.2 Å². The zero-order valence-corrected chi connectivity index (χ0v) is 5.38. The highest BCUT2D eigenvalue weighted by atomic mass is 35.5. The largest absolute Gasteiger partial charge is 0.316 e. The Morgan fingerprint density at radius 3 is 1.71 bits per heavy atom. The summed E-state index contributed by atoms with van der Waals surface area (Å²) < 4.78 is 0.